The Morgan fingerprint density at radius 3 is 3.17 bits per heavy atom. The van der Waals surface area contributed by atoms with Gasteiger partial charge in [0.2, 0.25) is 0 Å². The zero-order chi connectivity index (χ0) is 12.5. The Balaban J connectivity index is 1.79. The number of nitrogens with one attached hydrogen (secondary N) is 2. The van der Waals surface area contributed by atoms with Gasteiger partial charge in [0.1, 0.15) is 11.6 Å². The third kappa shape index (κ3) is 2.27. The number of aryl methyl sites for hydroxylation is 1. The van der Waals surface area contributed by atoms with Crippen molar-refractivity contribution in [2.75, 3.05) is 24.5 Å². The fraction of sp³-hybridized carbons (Fsp3) is 0.692. The molecule has 2 unspecified atom stereocenters. The minimum Gasteiger partial charge on any atom is -0.356 e. The molecular formula is C13H20N4O. The van der Waals surface area contributed by atoms with Gasteiger partial charge in [-0.2, -0.15) is 0 Å². The fourth-order valence-corrected chi connectivity index (χ4v) is 3.18. The Morgan fingerprint density at radius 1 is 1.44 bits per heavy atom. The van der Waals surface area contributed by atoms with Crippen molar-refractivity contribution in [3.8, 4) is 0 Å². The molecule has 2 fully saturated rings. The van der Waals surface area contributed by atoms with Gasteiger partial charge in [0.15, 0.2) is 0 Å². The molecule has 5 nitrogen and oxygen atoms in total. The lowest BCUT2D eigenvalue weighted by atomic mass is 9.85. The van der Waals surface area contributed by atoms with Crippen LogP contribution in [0, 0.1) is 12.8 Å². The first-order chi connectivity index (χ1) is 8.72. The van der Waals surface area contributed by atoms with Crippen molar-refractivity contribution in [1.82, 2.24) is 15.3 Å². The van der Waals surface area contributed by atoms with Crippen molar-refractivity contribution in [3.63, 3.8) is 0 Å². The summed E-state index contributed by atoms with van der Waals surface area (Å²) in [5.74, 6) is 2.23. The predicted octanol–water partition coefficient (Wildman–Crippen LogP) is 0.657. The highest BCUT2D eigenvalue weighted by Gasteiger charge is 2.31. The maximum absolute atomic E-state index is 11.5. The molecule has 5 heteroatoms. The Kier molecular flexibility index (Phi) is 3.07. The van der Waals surface area contributed by atoms with Gasteiger partial charge in [-0.3, -0.25) is 4.79 Å². The summed E-state index contributed by atoms with van der Waals surface area (Å²) < 4.78 is 0. The van der Waals surface area contributed by atoms with Crippen molar-refractivity contribution in [1.29, 1.82) is 0 Å². The summed E-state index contributed by atoms with van der Waals surface area (Å²) in [7, 11) is 0. The number of nitrogens with zero attached hydrogens (tertiary/aromatic N) is 2. The monoisotopic (exact) mass is 248 g/mol. The summed E-state index contributed by atoms with van der Waals surface area (Å²) in [5, 5.41) is 3.60. The average molecular weight is 248 g/mol. The van der Waals surface area contributed by atoms with Crippen LogP contribution in [0.1, 0.15) is 25.1 Å². The fourth-order valence-electron chi connectivity index (χ4n) is 3.18. The van der Waals surface area contributed by atoms with Gasteiger partial charge in [0.05, 0.1) is 0 Å². The highest BCUT2D eigenvalue weighted by Crippen LogP contribution is 2.26. The lowest BCUT2D eigenvalue weighted by Gasteiger charge is -2.42. The summed E-state index contributed by atoms with van der Waals surface area (Å²) in [6, 6.07) is 2.28. The molecule has 2 atom stereocenters. The summed E-state index contributed by atoms with van der Waals surface area (Å²) in [5.41, 5.74) is -0.0543. The van der Waals surface area contributed by atoms with Crippen LogP contribution in [0.25, 0.3) is 0 Å². The van der Waals surface area contributed by atoms with E-state index in [0.29, 0.717) is 17.8 Å². The Morgan fingerprint density at radius 2 is 2.33 bits per heavy atom. The quantitative estimate of drug-likeness (QED) is 0.766. The van der Waals surface area contributed by atoms with Crippen LogP contribution in [0.3, 0.4) is 0 Å². The van der Waals surface area contributed by atoms with E-state index in [1.807, 2.05) is 6.92 Å². The maximum atomic E-state index is 11.5. The van der Waals surface area contributed by atoms with E-state index < -0.39 is 0 Å². The molecule has 0 saturated carbocycles. The number of hydrogen-bond donors (Lipinski definition) is 2. The SMILES string of the molecule is Cc1nc(N2CCC3NCCCC3C2)cc(=O)[nH]1. The van der Waals surface area contributed by atoms with Gasteiger partial charge in [-0.15, -0.1) is 0 Å². The molecule has 0 amide bonds. The van der Waals surface area contributed by atoms with Crippen molar-refractivity contribution < 1.29 is 0 Å². The van der Waals surface area contributed by atoms with Crippen LogP contribution in [0.15, 0.2) is 10.9 Å². The molecule has 0 radical (unpaired) electrons. The molecule has 1 aromatic heterocycles. The number of hydrogen-bond acceptors (Lipinski definition) is 4. The molecule has 3 heterocycles. The number of fused-ring (bicyclic) bond motifs is 1. The smallest absolute Gasteiger partial charge is 0.252 e. The second-order valence-electron chi connectivity index (χ2n) is 5.39. The minimum absolute atomic E-state index is 0.0543. The van der Waals surface area contributed by atoms with E-state index >= 15 is 0 Å². The molecule has 0 spiro atoms. The maximum Gasteiger partial charge on any atom is 0.252 e. The lowest BCUT2D eigenvalue weighted by Crippen LogP contribution is -2.52. The Bertz CT molecular complexity index is 484. The number of piperidine rings is 2. The van der Waals surface area contributed by atoms with Crippen LogP contribution in [-0.4, -0.2) is 35.6 Å². The van der Waals surface area contributed by atoms with Crippen LogP contribution < -0.4 is 15.8 Å². The van der Waals surface area contributed by atoms with Crippen LogP contribution in [0.4, 0.5) is 5.82 Å². The normalized spacial score (nSPS) is 27.9. The van der Waals surface area contributed by atoms with E-state index in [0.717, 1.165) is 31.9 Å². The first-order valence-electron chi connectivity index (χ1n) is 6.79. The predicted molar refractivity (Wildman–Crippen MR) is 70.9 cm³/mol. The van der Waals surface area contributed by atoms with Crippen molar-refractivity contribution in [2.24, 2.45) is 5.92 Å². The number of aromatic amines is 1. The Hall–Kier alpha value is -1.36. The zero-order valence-electron chi connectivity index (χ0n) is 10.8. The van der Waals surface area contributed by atoms with Crippen LogP contribution in [-0.2, 0) is 0 Å². The molecular weight excluding hydrogens is 228 g/mol. The van der Waals surface area contributed by atoms with E-state index in [1.165, 1.54) is 12.8 Å². The van der Waals surface area contributed by atoms with Gasteiger partial charge < -0.3 is 15.2 Å². The van der Waals surface area contributed by atoms with Gasteiger partial charge in [-0.05, 0) is 38.6 Å². The van der Waals surface area contributed by atoms with E-state index in [1.54, 1.807) is 6.07 Å². The molecule has 3 rings (SSSR count). The molecule has 0 aliphatic carbocycles. The van der Waals surface area contributed by atoms with E-state index in [4.69, 9.17) is 0 Å². The van der Waals surface area contributed by atoms with E-state index in [-0.39, 0.29) is 5.56 Å². The molecule has 0 bridgehead atoms. The minimum atomic E-state index is -0.0543. The third-order valence-electron chi connectivity index (χ3n) is 4.06. The molecule has 2 saturated heterocycles. The van der Waals surface area contributed by atoms with Gasteiger partial charge in [0, 0.05) is 25.2 Å². The first-order valence-corrected chi connectivity index (χ1v) is 6.79. The highest BCUT2D eigenvalue weighted by atomic mass is 16.1. The van der Waals surface area contributed by atoms with Crippen molar-refractivity contribution >= 4 is 5.82 Å². The van der Waals surface area contributed by atoms with E-state index in [2.05, 4.69) is 20.2 Å². The zero-order valence-corrected chi connectivity index (χ0v) is 10.8. The first kappa shape index (κ1) is 11.7. The largest absolute Gasteiger partial charge is 0.356 e. The van der Waals surface area contributed by atoms with Crippen molar-refractivity contribution in [2.45, 2.75) is 32.2 Å². The standard InChI is InChI=1S/C13H20N4O/c1-9-15-12(7-13(18)16-9)17-6-4-11-10(8-17)3-2-5-14-11/h7,10-11,14H,2-6,8H2,1H3,(H,15,16,18). The third-order valence-corrected chi connectivity index (χ3v) is 4.06. The number of aromatic nitrogens is 2. The molecule has 18 heavy (non-hydrogen) atoms. The lowest BCUT2D eigenvalue weighted by molar-refractivity contribution is 0.244. The van der Waals surface area contributed by atoms with Crippen LogP contribution in [0.2, 0.25) is 0 Å². The second-order valence-corrected chi connectivity index (χ2v) is 5.39. The topological polar surface area (TPSA) is 61.0 Å². The molecule has 2 N–H and O–H groups in total. The van der Waals surface area contributed by atoms with Gasteiger partial charge >= 0.3 is 0 Å². The van der Waals surface area contributed by atoms with Gasteiger partial charge in [-0.1, -0.05) is 0 Å². The molecule has 0 aromatic carbocycles. The number of anilines is 1. The summed E-state index contributed by atoms with van der Waals surface area (Å²) in [6.45, 7) is 5.00. The summed E-state index contributed by atoms with van der Waals surface area (Å²) in [4.78, 5) is 20.9. The molecule has 2 aliphatic heterocycles. The van der Waals surface area contributed by atoms with Crippen molar-refractivity contribution in [3.05, 3.63) is 22.2 Å². The number of H-pyrrole nitrogens is 1. The van der Waals surface area contributed by atoms with Gasteiger partial charge in [-0.25, -0.2) is 4.98 Å². The summed E-state index contributed by atoms with van der Waals surface area (Å²) >= 11 is 0. The Labute approximate surface area is 107 Å². The van der Waals surface area contributed by atoms with Crippen LogP contribution >= 0.6 is 0 Å². The highest BCUT2D eigenvalue weighted by molar-refractivity contribution is 5.38. The molecule has 98 valence electrons. The number of rotatable bonds is 1. The average Bonchev–Trinajstić information content (AvgIpc) is 2.37. The second kappa shape index (κ2) is 4.72. The van der Waals surface area contributed by atoms with Gasteiger partial charge in [0.25, 0.3) is 5.56 Å². The molecule has 2 aliphatic rings. The van der Waals surface area contributed by atoms with Crippen LogP contribution in [0.5, 0.6) is 0 Å². The van der Waals surface area contributed by atoms with E-state index in [9.17, 15) is 4.79 Å². The summed E-state index contributed by atoms with van der Waals surface area (Å²) in [6.07, 6.45) is 3.70. The molecule has 1 aromatic rings.